The van der Waals surface area contributed by atoms with E-state index in [0.717, 1.165) is 24.7 Å². The van der Waals surface area contributed by atoms with E-state index in [1.807, 2.05) is 6.07 Å². The van der Waals surface area contributed by atoms with E-state index in [4.69, 9.17) is 5.73 Å². The number of nitrogen functional groups attached to an aromatic ring is 1. The second-order valence-corrected chi connectivity index (χ2v) is 4.96. The van der Waals surface area contributed by atoms with Gasteiger partial charge in [-0.3, -0.25) is 0 Å². The summed E-state index contributed by atoms with van der Waals surface area (Å²) in [6.07, 6.45) is 5.63. The summed E-state index contributed by atoms with van der Waals surface area (Å²) >= 11 is 0. The molecule has 0 saturated heterocycles. The average molecular weight is 218 g/mol. The Hall–Kier alpha value is -1.02. The predicted molar refractivity (Wildman–Crippen MR) is 69.3 cm³/mol. The van der Waals surface area contributed by atoms with E-state index in [0.29, 0.717) is 0 Å². The Labute approximate surface area is 98.2 Å². The number of nitrogens with one attached hydrogen (secondary N) is 1. The van der Waals surface area contributed by atoms with Gasteiger partial charge in [0.2, 0.25) is 0 Å². The van der Waals surface area contributed by atoms with Gasteiger partial charge in [0.15, 0.2) is 0 Å². The van der Waals surface area contributed by atoms with Crippen LogP contribution in [0.1, 0.15) is 36.8 Å². The fourth-order valence-corrected chi connectivity index (χ4v) is 2.03. The van der Waals surface area contributed by atoms with Crippen molar-refractivity contribution in [3.05, 3.63) is 29.3 Å². The molecule has 1 aliphatic carbocycles. The molecule has 88 valence electrons. The first kappa shape index (κ1) is 11.5. The number of rotatable bonds is 6. The van der Waals surface area contributed by atoms with Crippen LogP contribution in [0.2, 0.25) is 0 Å². The van der Waals surface area contributed by atoms with Crippen molar-refractivity contribution in [1.82, 2.24) is 5.32 Å². The molecule has 1 saturated carbocycles. The zero-order valence-electron chi connectivity index (χ0n) is 10.1. The Morgan fingerprint density at radius 1 is 1.38 bits per heavy atom. The maximum Gasteiger partial charge on any atom is 0.0359 e. The van der Waals surface area contributed by atoms with Gasteiger partial charge < -0.3 is 11.1 Å². The molecule has 0 bridgehead atoms. The van der Waals surface area contributed by atoms with Crippen LogP contribution >= 0.6 is 0 Å². The lowest BCUT2D eigenvalue weighted by atomic mass is 10.1. The summed E-state index contributed by atoms with van der Waals surface area (Å²) in [7, 11) is 0. The zero-order valence-corrected chi connectivity index (χ0v) is 10.1. The van der Waals surface area contributed by atoms with Crippen molar-refractivity contribution in [3.8, 4) is 0 Å². The van der Waals surface area contributed by atoms with Gasteiger partial charge in [0.05, 0.1) is 0 Å². The monoisotopic (exact) mass is 218 g/mol. The van der Waals surface area contributed by atoms with Gasteiger partial charge in [-0.15, -0.1) is 0 Å². The van der Waals surface area contributed by atoms with Crippen LogP contribution in [-0.4, -0.2) is 6.54 Å². The van der Waals surface area contributed by atoms with Gasteiger partial charge in [-0.1, -0.05) is 30.5 Å². The highest BCUT2D eigenvalue weighted by Crippen LogP contribution is 2.33. The topological polar surface area (TPSA) is 38.0 Å². The number of anilines is 1. The Kier molecular flexibility index (Phi) is 3.83. The molecule has 0 unspecified atom stereocenters. The fraction of sp³-hybridized carbons (Fsp3) is 0.571. The lowest BCUT2D eigenvalue weighted by Crippen LogP contribution is -2.16. The quantitative estimate of drug-likeness (QED) is 0.569. The van der Waals surface area contributed by atoms with Gasteiger partial charge in [-0.2, -0.15) is 0 Å². The van der Waals surface area contributed by atoms with E-state index in [-0.39, 0.29) is 0 Å². The van der Waals surface area contributed by atoms with Crippen LogP contribution in [0.25, 0.3) is 0 Å². The van der Waals surface area contributed by atoms with E-state index in [1.165, 1.54) is 36.8 Å². The molecule has 2 rings (SSSR count). The Balaban J connectivity index is 1.69. The molecule has 0 aliphatic heterocycles. The molecular formula is C14H22N2. The molecule has 1 fully saturated rings. The molecule has 0 spiro atoms. The van der Waals surface area contributed by atoms with Gasteiger partial charge in [0, 0.05) is 12.2 Å². The minimum Gasteiger partial charge on any atom is -0.398 e. The summed E-state index contributed by atoms with van der Waals surface area (Å²) in [5, 5.41) is 3.47. The molecule has 3 N–H and O–H groups in total. The minimum absolute atomic E-state index is 0.901. The lowest BCUT2D eigenvalue weighted by Gasteiger charge is -2.08. The normalized spacial score (nSPS) is 15.3. The molecule has 2 nitrogen and oxygen atoms in total. The Morgan fingerprint density at radius 2 is 2.19 bits per heavy atom. The smallest absolute Gasteiger partial charge is 0.0359 e. The molecule has 0 aromatic heterocycles. The first-order valence-corrected chi connectivity index (χ1v) is 6.31. The molecule has 1 aromatic carbocycles. The maximum absolute atomic E-state index is 5.92. The van der Waals surface area contributed by atoms with E-state index < -0.39 is 0 Å². The number of aryl methyl sites for hydroxylation is 1. The minimum atomic E-state index is 0.901. The lowest BCUT2D eigenvalue weighted by molar-refractivity contribution is 0.594. The summed E-state index contributed by atoms with van der Waals surface area (Å²) < 4.78 is 0. The van der Waals surface area contributed by atoms with E-state index in [1.54, 1.807) is 0 Å². The van der Waals surface area contributed by atoms with Crippen molar-refractivity contribution in [2.24, 2.45) is 5.92 Å². The van der Waals surface area contributed by atoms with Crippen LogP contribution in [0.5, 0.6) is 0 Å². The Morgan fingerprint density at radius 3 is 2.94 bits per heavy atom. The second kappa shape index (κ2) is 5.35. The van der Waals surface area contributed by atoms with Crippen LogP contribution < -0.4 is 11.1 Å². The highest BCUT2D eigenvalue weighted by molar-refractivity contribution is 5.48. The van der Waals surface area contributed by atoms with E-state index in [2.05, 4.69) is 24.4 Å². The van der Waals surface area contributed by atoms with Crippen molar-refractivity contribution in [2.45, 2.75) is 39.2 Å². The van der Waals surface area contributed by atoms with Crippen LogP contribution in [0.3, 0.4) is 0 Å². The molecule has 0 atom stereocenters. The third kappa shape index (κ3) is 3.53. The van der Waals surface area contributed by atoms with E-state index in [9.17, 15) is 0 Å². The largest absolute Gasteiger partial charge is 0.398 e. The predicted octanol–water partition coefficient (Wildman–Crippen LogP) is 2.86. The molecule has 0 amide bonds. The third-order valence-electron chi connectivity index (χ3n) is 3.28. The molecular weight excluding hydrogens is 196 g/mol. The third-order valence-corrected chi connectivity index (χ3v) is 3.28. The number of benzene rings is 1. The maximum atomic E-state index is 5.92. The molecule has 1 aromatic rings. The summed E-state index contributed by atoms with van der Waals surface area (Å²) in [6.45, 7) is 4.12. The zero-order chi connectivity index (χ0) is 11.4. The van der Waals surface area contributed by atoms with Crippen LogP contribution in [-0.2, 0) is 6.54 Å². The Bertz CT molecular complexity index is 343. The molecule has 2 heteroatoms. The van der Waals surface area contributed by atoms with Crippen LogP contribution in [0.4, 0.5) is 5.69 Å². The first-order valence-electron chi connectivity index (χ1n) is 6.31. The second-order valence-electron chi connectivity index (χ2n) is 4.96. The molecule has 0 radical (unpaired) electrons. The number of hydrogen-bond acceptors (Lipinski definition) is 2. The van der Waals surface area contributed by atoms with Crippen molar-refractivity contribution in [1.29, 1.82) is 0 Å². The summed E-state index contributed by atoms with van der Waals surface area (Å²) in [6, 6.07) is 6.23. The van der Waals surface area contributed by atoms with Gasteiger partial charge in [0.1, 0.15) is 0 Å². The summed E-state index contributed by atoms with van der Waals surface area (Å²) in [4.78, 5) is 0. The van der Waals surface area contributed by atoms with E-state index >= 15 is 0 Å². The summed E-state index contributed by atoms with van der Waals surface area (Å²) in [5.41, 5.74) is 9.34. The SMILES string of the molecule is Cc1ccc(N)c(CNCCCC2CC2)c1. The van der Waals surface area contributed by atoms with Crippen molar-refractivity contribution in [3.63, 3.8) is 0 Å². The molecule has 1 aliphatic rings. The van der Waals surface area contributed by atoms with Crippen molar-refractivity contribution in [2.75, 3.05) is 12.3 Å². The van der Waals surface area contributed by atoms with Crippen LogP contribution in [0.15, 0.2) is 18.2 Å². The van der Waals surface area contributed by atoms with Gasteiger partial charge in [-0.05, 0) is 43.9 Å². The molecule has 0 heterocycles. The van der Waals surface area contributed by atoms with Gasteiger partial charge >= 0.3 is 0 Å². The highest BCUT2D eigenvalue weighted by atomic mass is 14.8. The number of nitrogens with two attached hydrogens (primary N) is 1. The van der Waals surface area contributed by atoms with Crippen molar-refractivity contribution < 1.29 is 0 Å². The fourth-order valence-electron chi connectivity index (χ4n) is 2.03. The summed E-state index contributed by atoms with van der Waals surface area (Å²) in [5.74, 6) is 1.05. The van der Waals surface area contributed by atoms with Gasteiger partial charge in [-0.25, -0.2) is 0 Å². The standard InChI is InChI=1S/C14H22N2/c1-11-4-7-14(15)13(9-11)10-16-8-2-3-12-5-6-12/h4,7,9,12,16H,2-3,5-6,8,10,15H2,1H3. The van der Waals surface area contributed by atoms with Crippen LogP contribution in [0, 0.1) is 12.8 Å². The van der Waals surface area contributed by atoms with Gasteiger partial charge in [0.25, 0.3) is 0 Å². The highest BCUT2D eigenvalue weighted by Gasteiger charge is 2.19. The number of hydrogen-bond donors (Lipinski definition) is 2. The first-order chi connectivity index (χ1) is 7.75. The van der Waals surface area contributed by atoms with Crippen molar-refractivity contribution >= 4 is 5.69 Å². The average Bonchev–Trinajstić information content (AvgIpc) is 3.06. The molecule has 16 heavy (non-hydrogen) atoms.